The van der Waals surface area contributed by atoms with Crippen molar-refractivity contribution in [3.05, 3.63) is 34.8 Å². The molecule has 0 amide bonds. The van der Waals surface area contributed by atoms with Crippen molar-refractivity contribution in [1.29, 1.82) is 0 Å². The predicted octanol–water partition coefficient (Wildman–Crippen LogP) is 4.27. The molecular weight excluding hydrogens is 280 g/mol. The largest absolute Gasteiger partial charge is 0.497 e. The molecule has 21 heavy (non-hydrogen) atoms. The third-order valence-corrected chi connectivity index (χ3v) is 4.46. The number of benzene rings is 1. The monoisotopic (exact) mass is 304 g/mol. The molecule has 0 aliphatic heterocycles. The molecule has 0 aliphatic carbocycles. The van der Waals surface area contributed by atoms with Crippen LogP contribution < -0.4 is 10.1 Å². The smallest absolute Gasteiger partial charge is 0.123 e. The van der Waals surface area contributed by atoms with Crippen LogP contribution in [0.1, 0.15) is 37.3 Å². The van der Waals surface area contributed by atoms with Gasteiger partial charge in [-0.3, -0.25) is 0 Å². The fourth-order valence-electron chi connectivity index (χ4n) is 2.19. The number of hydrogen-bond acceptors (Lipinski definition) is 4. The van der Waals surface area contributed by atoms with Crippen LogP contribution in [0.25, 0.3) is 10.6 Å². The number of methoxy groups -OCH3 is 1. The van der Waals surface area contributed by atoms with Gasteiger partial charge in [-0.05, 0) is 43.7 Å². The lowest BCUT2D eigenvalue weighted by molar-refractivity contribution is 0.415. The lowest BCUT2D eigenvalue weighted by Crippen LogP contribution is -2.13. The van der Waals surface area contributed by atoms with Gasteiger partial charge in [0.15, 0.2) is 0 Å². The Morgan fingerprint density at radius 2 is 1.90 bits per heavy atom. The molecule has 0 unspecified atom stereocenters. The molecule has 0 atom stereocenters. The molecule has 2 aromatic rings. The van der Waals surface area contributed by atoms with Crippen LogP contribution in [0.2, 0.25) is 0 Å². The molecule has 0 radical (unpaired) electrons. The average Bonchev–Trinajstić information content (AvgIpc) is 2.91. The predicted molar refractivity (Wildman–Crippen MR) is 90.1 cm³/mol. The second-order valence-corrected chi connectivity index (χ2v) is 6.13. The summed E-state index contributed by atoms with van der Waals surface area (Å²) in [5, 5.41) is 4.59. The van der Waals surface area contributed by atoms with E-state index in [4.69, 9.17) is 9.72 Å². The highest BCUT2D eigenvalue weighted by Gasteiger charge is 2.11. The van der Waals surface area contributed by atoms with Crippen LogP contribution >= 0.6 is 11.3 Å². The van der Waals surface area contributed by atoms with E-state index in [1.54, 1.807) is 18.4 Å². The first-order valence-corrected chi connectivity index (χ1v) is 8.43. The zero-order chi connectivity index (χ0) is 15.1. The molecule has 0 saturated heterocycles. The number of aromatic nitrogens is 1. The number of rotatable bonds is 8. The molecule has 4 heteroatoms. The van der Waals surface area contributed by atoms with Crippen molar-refractivity contribution in [3.63, 3.8) is 0 Å². The van der Waals surface area contributed by atoms with Gasteiger partial charge in [0, 0.05) is 17.0 Å². The minimum Gasteiger partial charge on any atom is -0.497 e. The van der Waals surface area contributed by atoms with E-state index in [1.807, 2.05) is 12.1 Å². The van der Waals surface area contributed by atoms with Gasteiger partial charge in [-0.15, -0.1) is 11.3 Å². The number of aryl methyl sites for hydroxylation is 1. The van der Waals surface area contributed by atoms with E-state index < -0.39 is 0 Å². The molecule has 0 spiro atoms. The van der Waals surface area contributed by atoms with Gasteiger partial charge in [-0.25, -0.2) is 4.98 Å². The molecule has 0 bridgehead atoms. The van der Waals surface area contributed by atoms with Crippen molar-refractivity contribution in [2.75, 3.05) is 13.7 Å². The second-order valence-electron chi connectivity index (χ2n) is 5.04. The Kier molecular flexibility index (Phi) is 6.21. The van der Waals surface area contributed by atoms with Crippen molar-refractivity contribution < 1.29 is 4.74 Å². The summed E-state index contributed by atoms with van der Waals surface area (Å²) >= 11 is 1.80. The number of nitrogens with one attached hydrogen (secondary N) is 1. The zero-order valence-corrected chi connectivity index (χ0v) is 13.9. The summed E-state index contributed by atoms with van der Waals surface area (Å²) < 4.78 is 5.21. The summed E-state index contributed by atoms with van der Waals surface area (Å²) in [7, 11) is 1.69. The van der Waals surface area contributed by atoms with E-state index in [-0.39, 0.29) is 0 Å². The standard InChI is InChI=1S/C17H24N2OS/c1-4-6-15-16(12-18-11-5-2)21-17(19-15)13-7-9-14(20-3)10-8-13/h7-10,18H,4-6,11-12H2,1-3H3. The molecule has 114 valence electrons. The van der Waals surface area contributed by atoms with Crippen LogP contribution in [0.5, 0.6) is 5.75 Å². The third-order valence-electron chi connectivity index (χ3n) is 3.31. The van der Waals surface area contributed by atoms with Gasteiger partial charge in [0.1, 0.15) is 10.8 Å². The summed E-state index contributed by atoms with van der Waals surface area (Å²) in [6.07, 6.45) is 3.34. The maximum atomic E-state index is 5.21. The Hall–Kier alpha value is -1.39. The third kappa shape index (κ3) is 4.29. The normalized spacial score (nSPS) is 10.8. The number of thiazole rings is 1. The van der Waals surface area contributed by atoms with Crippen molar-refractivity contribution in [1.82, 2.24) is 10.3 Å². The molecule has 0 saturated carbocycles. The van der Waals surface area contributed by atoms with Crippen molar-refractivity contribution in [2.45, 2.75) is 39.7 Å². The van der Waals surface area contributed by atoms with E-state index in [1.165, 1.54) is 16.1 Å². The van der Waals surface area contributed by atoms with Gasteiger partial charge in [0.05, 0.1) is 12.8 Å². The Balaban J connectivity index is 2.20. The molecule has 1 aromatic carbocycles. The first kappa shape index (κ1) is 16.0. The van der Waals surface area contributed by atoms with Gasteiger partial charge in [-0.1, -0.05) is 20.3 Å². The minimum absolute atomic E-state index is 0.883. The summed E-state index contributed by atoms with van der Waals surface area (Å²) in [4.78, 5) is 6.21. The van der Waals surface area contributed by atoms with Crippen molar-refractivity contribution in [2.24, 2.45) is 0 Å². The van der Waals surface area contributed by atoms with E-state index in [2.05, 4.69) is 31.3 Å². The maximum Gasteiger partial charge on any atom is 0.123 e. The maximum absolute atomic E-state index is 5.21. The van der Waals surface area contributed by atoms with E-state index in [0.717, 1.165) is 43.1 Å². The van der Waals surface area contributed by atoms with Crippen LogP contribution in [0, 0.1) is 0 Å². The van der Waals surface area contributed by atoms with Crippen LogP contribution in [0.3, 0.4) is 0 Å². The van der Waals surface area contributed by atoms with Gasteiger partial charge >= 0.3 is 0 Å². The van der Waals surface area contributed by atoms with Crippen molar-refractivity contribution in [3.8, 4) is 16.3 Å². The van der Waals surface area contributed by atoms with Crippen LogP contribution in [0.15, 0.2) is 24.3 Å². The van der Waals surface area contributed by atoms with E-state index in [0.29, 0.717) is 0 Å². The van der Waals surface area contributed by atoms with Crippen molar-refractivity contribution >= 4 is 11.3 Å². The highest BCUT2D eigenvalue weighted by Crippen LogP contribution is 2.30. The molecule has 1 N–H and O–H groups in total. The highest BCUT2D eigenvalue weighted by atomic mass is 32.1. The van der Waals surface area contributed by atoms with Gasteiger partial charge in [0.2, 0.25) is 0 Å². The summed E-state index contributed by atoms with van der Waals surface area (Å²) in [5.74, 6) is 0.883. The molecular formula is C17H24N2OS. The Bertz CT molecular complexity index is 548. The Labute approximate surface area is 131 Å². The molecule has 3 nitrogen and oxygen atoms in total. The molecule has 1 heterocycles. The number of hydrogen-bond donors (Lipinski definition) is 1. The molecule has 0 fully saturated rings. The first-order chi connectivity index (χ1) is 10.3. The Morgan fingerprint density at radius 3 is 2.52 bits per heavy atom. The average molecular weight is 304 g/mol. The molecule has 0 aliphatic rings. The fraction of sp³-hybridized carbons (Fsp3) is 0.471. The second kappa shape index (κ2) is 8.15. The summed E-state index contributed by atoms with van der Waals surface area (Å²) in [6.45, 7) is 6.38. The topological polar surface area (TPSA) is 34.1 Å². The highest BCUT2D eigenvalue weighted by molar-refractivity contribution is 7.15. The lowest BCUT2D eigenvalue weighted by atomic mass is 10.2. The quantitative estimate of drug-likeness (QED) is 0.740. The minimum atomic E-state index is 0.883. The van der Waals surface area contributed by atoms with Gasteiger partial charge in [0.25, 0.3) is 0 Å². The van der Waals surface area contributed by atoms with Gasteiger partial charge in [-0.2, -0.15) is 0 Å². The van der Waals surface area contributed by atoms with Crippen LogP contribution in [-0.2, 0) is 13.0 Å². The molecule has 1 aromatic heterocycles. The number of nitrogens with zero attached hydrogens (tertiary/aromatic N) is 1. The summed E-state index contributed by atoms with van der Waals surface area (Å²) in [6, 6.07) is 8.14. The van der Waals surface area contributed by atoms with Crippen LogP contribution in [-0.4, -0.2) is 18.6 Å². The number of ether oxygens (including phenoxy) is 1. The SMILES string of the molecule is CCCNCc1sc(-c2ccc(OC)cc2)nc1CCC. The zero-order valence-electron chi connectivity index (χ0n) is 13.1. The fourth-order valence-corrected chi connectivity index (χ4v) is 3.27. The molecule has 2 rings (SSSR count). The lowest BCUT2D eigenvalue weighted by Gasteiger charge is -2.02. The van der Waals surface area contributed by atoms with E-state index >= 15 is 0 Å². The first-order valence-electron chi connectivity index (χ1n) is 7.62. The van der Waals surface area contributed by atoms with Crippen LogP contribution in [0.4, 0.5) is 0 Å². The summed E-state index contributed by atoms with van der Waals surface area (Å²) in [5.41, 5.74) is 2.41. The Morgan fingerprint density at radius 1 is 1.14 bits per heavy atom. The van der Waals surface area contributed by atoms with Gasteiger partial charge < -0.3 is 10.1 Å². The van der Waals surface area contributed by atoms with E-state index in [9.17, 15) is 0 Å².